The predicted molar refractivity (Wildman–Crippen MR) is 90.9 cm³/mol. The molecule has 3 aromatic rings. The zero-order valence-corrected chi connectivity index (χ0v) is 12.8. The summed E-state index contributed by atoms with van der Waals surface area (Å²) >= 11 is 0. The molecule has 106 valence electrons. The monoisotopic (exact) mass is 275 g/mol. The maximum Gasteiger partial charge on any atom is 0.0488 e. The number of allylic oxidation sites excluding steroid dienone is 1. The highest BCUT2D eigenvalue weighted by atomic mass is 15.0. The average Bonchev–Trinajstić information content (AvgIpc) is 2.81. The van der Waals surface area contributed by atoms with Crippen LogP contribution < -0.4 is 0 Å². The third-order valence-corrected chi connectivity index (χ3v) is 4.22. The lowest BCUT2D eigenvalue weighted by Gasteiger charge is -2.10. The van der Waals surface area contributed by atoms with Gasteiger partial charge in [0.1, 0.15) is 0 Å². The molecule has 0 bridgehead atoms. The molecule has 1 heterocycles. The summed E-state index contributed by atoms with van der Waals surface area (Å²) < 4.78 is 2.40. The van der Waals surface area contributed by atoms with Crippen LogP contribution in [0.15, 0.2) is 61.2 Å². The third-order valence-electron chi connectivity index (χ3n) is 4.22. The first kappa shape index (κ1) is 13.7. The minimum Gasteiger partial charge on any atom is -0.340 e. The van der Waals surface area contributed by atoms with Crippen molar-refractivity contribution in [2.45, 2.75) is 26.8 Å². The summed E-state index contributed by atoms with van der Waals surface area (Å²) in [6.45, 7) is 9.18. The van der Waals surface area contributed by atoms with E-state index in [0.717, 1.165) is 13.0 Å². The van der Waals surface area contributed by atoms with Gasteiger partial charge in [0.25, 0.3) is 0 Å². The molecule has 0 aliphatic carbocycles. The van der Waals surface area contributed by atoms with Gasteiger partial charge in [-0.15, -0.1) is 6.58 Å². The Hall–Kier alpha value is -2.28. The zero-order chi connectivity index (χ0) is 14.8. The van der Waals surface area contributed by atoms with E-state index in [2.05, 4.69) is 73.5 Å². The quantitative estimate of drug-likeness (QED) is 0.588. The summed E-state index contributed by atoms with van der Waals surface area (Å²) in [6, 6.07) is 17.4. The molecule has 1 nitrogen and oxygen atoms in total. The fourth-order valence-corrected chi connectivity index (χ4v) is 3.01. The van der Waals surface area contributed by atoms with Crippen LogP contribution in [0.5, 0.6) is 0 Å². The molecule has 1 heteroatoms. The standard InChI is InChI=1S/C20H21N/c1-4-8-18-11-12-20-19(16(18)3)13-15(2)21(20)14-17-9-6-5-7-10-17/h4-7,9-13H,1,8,14H2,2-3H3. The molecular formula is C20H21N. The molecule has 0 radical (unpaired) electrons. The first-order valence-corrected chi connectivity index (χ1v) is 7.44. The van der Waals surface area contributed by atoms with Crippen molar-refractivity contribution in [1.82, 2.24) is 4.57 Å². The lowest BCUT2D eigenvalue weighted by Crippen LogP contribution is -2.01. The van der Waals surface area contributed by atoms with Gasteiger partial charge in [0.15, 0.2) is 0 Å². The highest BCUT2D eigenvalue weighted by molar-refractivity contribution is 5.86. The van der Waals surface area contributed by atoms with E-state index >= 15 is 0 Å². The van der Waals surface area contributed by atoms with Crippen LogP contribution in [0.1, 0.15) is 22.4 Å². The lowest BCUT2D eigenvalue weighted by molar-refractivity contribution is 0.805. The minimum absolute atomic E-state index is 0.927. The number of aryl methyl sites for hydroxylation is 2. The van der Waals surface area contributed by atoms with E-state index in [0.29, 0.717) is 0 Å². The van der Waals surface area contributed by atoms with Crippen LogP contribution in [-0.2, 0) is 13.0 Å². The van der Waals surface area contributed by atoms with E-state index in [1.54, 1.807) is 0 Å². The van der Waals surface area contributed by atoms with Crippen molar-refractivity contribution in [3.8, 4) is 0 Å². The number of nitrogens with zero attached hydrogens (tertiary/aromatic N) is 1. The smallest absolute Gasteiger partial charge is 0.0488 e. The van der Waals surface area contributed by atoms with E-state index in [1.807, 2.05) is 6.08 Å². The number of hydrogen-bond donors (Lipinski definition) is 0. The molecule has 0 aliphatic heterocycles. The lowest BCUT2D eigenvalue weighted by atomic mass is 10.0. The number of rotatable bonds is 4. The van der Waals surface area contributed by atoms with E-state index in [4.69, 9.17) is 0 Å². The van der Waals surface area contributed by atoms with Gasteiger partial charge >= 0.3 is 0 Å². The maximum atomic E-state index is 3.85. The van der Waals surface area contributed by atoms with Crippen molar-refractivity contribution in [2.24, 2.45) is 0 Å². The predicted octanol–water partition coefficient (Wildman–Crippen LogP) is 5.03. The number of fused-ring (bicyclic) bond motifs is 1. The molecular weight excluding hydrogens is 254 g/mol. The molecule has 0 saturated carbocycles. The van der Waals surface area contributed by atoms with E-state index in [1.165, 1.54) is 33.3 Å². The summed E-state index contributed by atoms with van der Waals surface area (Å²) in [7, 11) is 0. The molecule has 0 fully saturated rings. The Bertz CT molecular complexity index is 778. The van der Waals surface area contributed by atoms with E-state index in [-0.39, 0.29) is 0 Å². The fraction of sp³-hybridized carbons (Fsp3) is 0.200. The summed E-state index contributed by atoms with van der Waals surface area (Å²) in [6.07, 6.45) is 2.91. The molecule has 0 amide bonds. The first-order valence-electron chi connectivity index (χ1n) is 7.44. The van der Waals surface area contributed by atoms with Crippen LogP contribution in [0.2, 0.25) is 0 Å². The fourth-order valence-electron chi connectivity index (χ4n) is 3.01. The van der Waals surface area contributed by atoms with Crippen molar-refractivity contribution in [3.05, 3.63) is 83.6 Å². The van der Waals surface area contributed by atoms with Gasteiger partial charge in [-0.25, -0.2) is 0 Å². The van der Waals surface area contributed by atoms with E-state index in [9.17, 15) is 0 Å². The highest BCUT2D eigenvalue weighted by Gasteiger charge is 2.10. The van der Waals surface area contributed by atoms with Crippen LogP contribution in [0.4, 0.5) is 0 Å². The van der Waals surface area contributed by atoms with Gasteiger partial charge in [-0.05, 0) is 49.1 Å². The van der Waals surface area contributed by atoms with Crippen LogP contribution in [-0.4, -0.2) is 4.57 Å². The van der Waals surface area contributed by atoms with Gasteiger partial charge < -0.3 is 4.57 Å². The van der Waals surface area contributed by atoms with Crippen molar-refractivity contribution in [1.29, 1.82) is 0 Å². The normalized spacial score (nSPS) is 11.0. The van der Waals surface area contributed by atoms with Gasteiger partial charge in [-0.1, -0.05) is 42.5 Å². The molecule has 0 aliphatic rings. The van der Waals surface area contributed by atoms with Crippen LogP contribution in [0, 0.1) is 13.8 Å². The van der Waals surface area contributed by atoms with Gasteiger partial charge in [0.2, 0.25) is 0 Å². The van der Waals surface area contributed by atoms with Crippen molar-refractivity contribution in [3.63, 3.8) is 0 Å². The van der Waals surface area contributed by atoms with Crippen molar-refractivity contribution >= 4 is 10.9 Å². The summed E-state index contributed by atoms with van der Waals surface area (Å²) in [5.41, 5.74) is 6.72. The molecule has 0 spiro atoms. The summed E-state index contributed by atoms with van der Waals surface area (Å²) in [5, 5.41) is 1.36. The molecule has 0 unspecified atom stereocenters. The third kappa shape index (κ3) is 2.52. The maximum absolute atomic E-state index is 3.85. The van der Waals surface area contributed by atoms with Crippen molar-refractivity contribution < 1.29 is 0 Å². The van der Waals surface area contributed by atoms with Crippen LogP contribution in [0.25, 0.3) is 10.9 Å². The first-order chi connectivity index (χ1) is 10.2. The van der Waals surface area contributed by atoms with Gasteiger partial charge in [0.05, 0.1) is 0 Å². The summed E-state index contributed by atoms with van der Waals surface area (Å²) in [4.78, 5) is 0. The Morgan fingerprint density at radius 1 is 1.05 bits per heavy atom. The second kappa shape index (κ2) is 5.61. The molecule has 0 N–H and O–H groups in total. The van der Waals surface area contributed by atoms with E-state index < -0.39 is 0 Å². The highest BCUT2D eigenvalue weighted by Crippen LogP contribution is 2.26. The Labute approximate surface area is 126 Å². The Balaban J connectivity index is 2.09. The Morgan fingerprint density at radius 3 is 2.52 bits per heavy atom. The van der Waals surface area contributed by atoms with Crippen LogP contribution >= 0.6 is 0 Å². The molecule has 1 aromatic heterocycles. The van der Waals surface area contributed by atoms with Gasteiger partial charge in [0, 0.05) is 23.1 Å². The second-order valence-corrected chi connectivity index (χ2v) is 5.63. The largest absolute Gasteiger partial charge is 0.340 e. The SMILES string of the molecule is C=CCc1ccc2c(cc(C)n2Cc2ccccc2)c1C. The van der Waals surface area contributed by atoms with Crippen molar-refractivity contribution in [2.75, 3.05) is 0 Å². The number of benzene rings is 2. The summed E-state index contributed by atoms with van der Waals surface area (Å²) in [5.74, 6) is 0. The van der Waals surface area contributed by atoms with Gasteiger partial charge in [-0.3, -0.25) is 0 Å². The van der Waals surface area contributed by atoms with Crippen LogP contribution in [0.3, 0.4) is 0 Å². The number of hydrogen-bond acceptors (Lipinski definition) is 0. The Morgan fingerprint density at radius 2 is 1.81 bits per heavy atom. The molecule has 0 saturated heterocycles. The molecule has 2 aromatic carbocycles. The van der Waals surface area contributed by atoms with Gasteiger partial charge in [-0.2, -0.15) is 0 Å². The molecule has 21 heavy (non-hydrogen) atoms. The number of aromatic nitrogens is 1. The topological polar surface area (TPSA) is 4.93 Å². The minimum atomic E-state index is 0.927. The molecule has 3 rings (SSSR count). The average molecular weight is 275 g/mol. The zero-order valence-electron chi connectivity index (χ0n) is 12.8. The Kier molecular flexibility index (Phi) is 3.66. The molecule has 0 atom stereocenters. The second-order valence-electron chi connectivity index (χ2n) is 5.63.